The number of ether oxygens (including phenoxy) is 1. The SMILES string of the molecule is Cc1c(Cl)cccc1NC(=O)COC(=O)c1ccc2nc(Cl)ccc2c1. The number of pyridine rings is 1. The molecule has 1 amide bonds. The zero-order valence-electron chi connectivity index (χ0n) is 13.8. The van der Waals surface area contributed by atoms with Gasteiger partial charge in [-0.2, -0.15) is 0 Å². The summed E-state index contributed by atoms with van der Waals surface area (Å²) in [6.45, 7) is 1.39. The molecule has 132 valence electrons. The van der Waals surface area contributed by atoms with Crippen LogP contribution in [0.15, 0.2) is 48.5 Å². The van der Waals surface area contributed by atoms with Gasteiger partial charge < -0.3 is 10.1 Å². The summed E-state index contributed by atoms with van der Waals surface area (Å²) in [4.78, 5) is 28.3. The van der Waals surface area contributed by atoms with E-state index in [0.717, 1.165) is 10.9 Å². The van der Waals surface area contributed by atoms with Crippen LogP contribution >= 0.6 is 23.2 Å². The fraction of sp³-hybridized carbons (Fsp3) is 0.105. The Morgan fingerprint density at radius 1 is 1.12 bits per heavy atom. The van der Waals surface area contributed by atoms with Gasteiger partial charge in [-0.05, 0) is 55.0 Å². The van der Waals surface area contributed by atoms with E-state index in [1.807, 2.05) is 0 Å². The smallest absolute Gasteiger partial charge is 0.338 e. The van der Waals surface area contributed by atoms with E-state index in [-0.39, 0.29) is 0 Å². The normalized spacial score (nSPS) is 10.6. The van der Waals surface area contributed by atoms with Gasteiger partial charge >= 0.3 is 5.97 Å². The van der Waals surface area contributed by atoms with Crippen molar-refractivity contribution >= 4 is 51.7 Å². The van der Waals surface area contributed by atoms with Crippen molar-refractivity contribution in [3.8, 4) is 0 Å². The zero-order valence-corrected chi connectivity index (χ0v) is 15.3. The monoisotopic (exact) mass is 388 g/mol. The van der Waals surface area contributed by atoms with Crippen molar-refractivity contribution in [3.63, 3.8) is 0 Å². The second-order valence-electron chi connectivity index (χ2n) is 5.58. The molecule has 0 radical (unpaired) electrons. The molecule has 7 heteroatoms. The summed E-state index contributed by atoms with van der Waals surface area (Å²) in [6, 6.07) is 13.5. The predicted octanol–water partition coefficient (Wildman–Crippen LogP) is 4.65. The van der Waals surface area contributed by atoms with Crippen molar-refractivity contribution in [2.75, 3.05) is 11.9 Å². The summed E-state index contributed by atoms with van der Waals surface area (Å²) in [5.74, 6) is -1.04. The third-order valence-electron chi connectivity index (χ3n) is 3.77. The number of halogens is 2. The Morgan fingerprint density at radius 2 is 1.92 bits per heavy atom. The summed E-state index contributed by atoms with van der Waals surface area (Å²) in [5.41, 5.74) is 2.32. The van der Waals surface area contributed by atoms with Crippen molar-refractivity contribution in [3.05, 3.63) is 69.8 Å². The van der Waals surface area contributed by atoms with Gasteiger partial charge in [-0.3, -0.25) is 4.79 Å². The lowest BCUT2D eigenvalue weighted by Gasteiger charge is -2.10. The standard InChI is InChI=1S/C19H14Cl2N2O3/c1-11-14(20)3-2-4-15(11)23-18(24)10-26-19(25)13-5-7-16-12(9-13)6-8-17(21)22-16/h2-9H,10H2,1H3,(H,23,24). The number of carbonyl (C=O) groups excluding carboxylic acids is 2. The average molecular weight is 389 g/mol. The third kappa shape index (κ3) is 4.12. The Balaban J connectivity index is 1.64. The molecule has 2 aromatic carbocycles. The largest absolute Gasteiger partial charge is 0.452 e. The highest BCUT2D eigenvalue weighted by Gasteiger charge is 2.12. The molecule has 0 unspecified atom stereocenters. The van der Waals surface area contributed by atoms with Gasteiger partial charge in [0.25, 0.3) is 5.91 Å². The molecular weight excluding hydrogens is 375 g/mol. The van der Waals surface area contributed by atoms with Crippen LogP contribution in [0.2, 0.25) is 10.2 Å². The lowest BCUT2D eigenvalue weighted by Crippen LogP contribution is -2.21. The second kappa shape index (κ2) is 7.72. The fourth-order valence-electron chi connectivity index (χ4n) is 2.37. The number of nitrogens with one attached hydrogen (secondary N) is 1. The summed E-state index contributed by atoms with van der Waals surface area (Å²) in [7, 11) is 0. The van der Waals surface area contributed by atoms with Gasteiger partial charge in [-0.15, -0.1) is 0 Å². The highest BCUT2D eigenvalue weighted by Crippen LogP contribution is 2.23. The molecule has 0 spiro atoms. The molecule has 0 bridgehead atoms. The Hall–Kier alpha value is -2.63. The molecule has 0 atom stereocenters. The van der Waals surface area contributed by atoms with Crippen LogP contribution in [0, 0.1) is 6.92 Å². The molecule has 3 aromatic rings. The molecule has 3 rings (SSSR count). The van der Waals surface area contributed by atoms with Gasteiger partial charge in [-0.25, -0.2) is 9.78 Å². The first-order valence-electron chi connectivity index (χ1n) is 7.72. The second-order valence-corrected chi connectivity index (χ2v) is 6.37. The summed E-state index contributed by atoms with van der Waals surface area (Å²) >= 11 is 11.8. The van der Waals surface area contributed by atoms with Gasteiger partial charge in [0, 0.05) is 16.1 Å². The Kier molecular flexibility index (Phi) is 5.40. The highest BCUT2D eigenvalue weighted by molar-refractivity contribution is 6.31. The minimum absolute atomic E-state index is 0.327. The first-order valence-corrected chi connectivity index (χ1v) is 8.48. The lowest BCUT2D eigenvalue weighted by atomic mass is 10.1. The number of hydrogen-bond donors (Lipinski definition) is 1. The maximum absolute atomic E-state index is 12.2. The number of hydrogen-bond acceptors (Lipinski definition) is 4. The van der Waals surface area contributed by atoms with Crippen LogP contribution in [0.1, 0.15) is 15.9 Å². The summed E-state index contributed by atoms with van der Waals surface area (Å²) in [6.07, 6.45) is 0. The number of anilines is 1. The molecule has 1 N–H and O–H groups in total. The van der Waals surface area contributed by atoms with Crippen LogP contribution in [0.4, 0.5) is 5.69 Å². The van der Waals surface area contributed by atoms with Crippen LogP contribution in [-0.4, -0.2) is 23.5 Å². The van der Waals surface area contributed by atoms with Gasteiger partial charge in [0.15, 0.2) is 6.61 Å². The van der Waals surface area contributed by atoms with E-state index in [1.165, 1.54) is 0 Å². The molecule has 26 heavy (non-hydrogen) atoms. The fourth-order valence-corrected chi connectivity index (χ4v) is 2.70. The van der Waals surface area contributed by atoms with Crippen molar-refractivity contribution in [2.24, 2.45) is 0 Å². The number of aromatic nitrogens is 1. The van der Waals surface area contributed by atoms with Crippen molar-refractivity contribution < 1.29 is 14.3 Å². The lowest BCUT2D eigenvalue weighted by molar-refractivity contribution is -0.119. The molecule has 0 saturated heterocycles. The molecule has 1 heterocycles. The number of carbonyl (C=O) groups is 2. The molecule has 5 nitrogen and oxygen atoms in total. The van der Waals surface area contributed by atoms with Crippen molar-refractivity contribution in [2.45, 2.75) is 6.92 Å². The van der Waals surface area contributed by atoms with Gasteiger partial charge in [0.2, 0.25) is 0 Å². The van der Waals surface area contributed by atoms with Crippen LogP contribution in [0.25, 0.3) is 10.9 Å². The number of rotatable bonds is 4. The van der Waals surface area contributed by atoms with Crippen LogP contribution in [-0.2, 0) is 9.53 Å². The van der Waals surface area contributed by atoms with E-state index in [0.29, 0.717) is 26.9 Å². The van der Waals surface area contributed by atoms with E-state index in [1.54, 1.807) is 55.5 Å². The Bertz CT molecular complexity index is 1010. The van der Waals surface area contributed by atoms with Crippen molar-refractivity contribution in [1.82, 2.24) is 4.98 Å². The summed E-state index contributed by atoms with van der Waals surface area (Å²) in [5, 5.41) is 4.34. The number of fused-ring (bicyclic) bond motifs is 1. The first-order chi connectivity index (χ1) is 12.4. The topological polar surface area (TPSA) is 68.3 Å². The molecule has 0 aliphatic carbocycles. The van der Waals surface area contributed by atoms with Crippen LogP contribution in [0.3, 0.4) is 0 Å². The van der Waals surface area contributed by atoms with E-state index in [2.05, 4.69) is 10.3 Å². The van der Waals surface area contributed by atoms with Crippen molar-refractivity contribution in [1.29, 1.82) is 0 Å². The molecular formula is C19H14Cl2N2O3. The Morgan fingerprint density at radius 3 is 2.73 bits per heavy atom. The molecule has 0 saturated carbocycles. The first kappa shape index (κ1) is 18.2. The Labute approximate surface area is 159 Å². The van der Waals surface area contributed by atoms with Gasteiger partial charge in [-0.1, -0.05) is 29.3 Å². The maximum Gasteiger partial charge on any atom is 0.338 e. The van der Waals surface area contributed by atoms with Gasteiger partial charge in [0.05, 0.1) is 11.1 Å². The number of nitrogens with zero attached hydrogens (tertiary/aromatic N) is 1. The van der Waals surface area contributed by atoms with E-state index in [9.17, 15) is 9.59 Å². The van der Waals surface area contributed by atoms with Crippen LogP contribution in [0.5, 0.6) is 0 Å². The molecule has 0 fully saturated rings. The third-order valence-corrected chi connectivity index (χ3v) is 4.39. The van der Waals surface area contributed by atoms with Crippen LogP contribution < -0.4 is 5.32 Å². The average Bonchev–Trinajstić information content (AvgIpc) is 2.63. The number of esters is 1. The zero-order chi connectivity index (χ0) is 18.7. The molecule has 1 aromatic heterocycles. The molecule has 0 aliphatic heterocycles. The number of amides is 1. The van der Waals surface area contributed by atoms with E-state index in [4.69, 9.17) is 27.9 Å². The molecule has 0 aliphatic rings. The summed E-state index contributed by atoms with van der Waals surface area (Å²) < 4.78 is 5.07. The van der Waals surface area contributed by atoms with E-state index < -0.39 is 18.5 Å². The predicted molar refractivity (Wildman–Crippen MR) is 102 cm³/mol. The van der Waals surface area contributed by atoms with Gasteiger partial charge in [0.1, 0.15) is 5.15 Å². The highest BCUT2D eigenvalue weighted by atomic mass is 35.5. The quantitative estimate of drug-likeness (QED) is 0.521. The maximum atomic E-state index is 12.2. The minimum atomic E-state index is -0.597. The van der Waals surface area contributed by atoms with E-state index >= 15 is 0 Å². The number of benzene rings is 2. The minimum Gasteiger partial charge on any atom is -0.452 e.